The predicted molar refractivity (Wildman–Crippen MR) is 97.5 cm³/mol. The summed E-state index contributed by atoms with van der Waals surface area (Å²) in [5.74, 6) is 0.844. The zero-order valence-electron chi connectivity index (χ0n) is 15.9. The largest absolute Gasteiger partial charge is 0.477 e. The minimum Gasteiger partial charge on any atom is -0.477 e. The Kier molecular flexibility index (Phi) is 8.19. The van der Waals surface area contributed by atoms with Gasteiger partial charge >= 0.3 is 0 Å². The minimum absolute atomic E-state index is 0.140. The lowest BCUT2D eigenvalue weighted by Crippen LogP contribution is -2.44. The number of nitrogens with zero attached hydrogens (tertiary/aromatic N) is 1. The molecule has 0 fully saturated rings. The molecule has 0 saturated heterocycles. The van der Waals surface area contributed by atoms with Crippen LogP contribution in [0.5, 0.6) is 5.88 Å². The van der Waals surface area contributed by atoms with Crippen LogP contribution >= 0.6 is 0 Å². The van der Waals surface area contributed by atoms with E-state index >= 15 is 0 Å². The van der Waals surface area contributed by atoms with Gasteiger partial charge in [0.2, 0.25) is 5.88 Å². The Morgan fingerprint density at radius 3 is 2.62 bits per heavy atom. The van der Waals surface area contributed by atoms with Gasteiger partial charge in [0.25, 0.3) is 5.91 Å². The monoisotopic (exact) mass is 336 g/mol. The first-order valence-electron chi connectivity index (χ1n) is 8.87. The first-order valence-corrected chi connectivity index (χ1v) is 8.87. The number of hydrogen-bond donors (Lipinski definition) is 1. The van der Waals surface area contributed by atoms with Crippen LogP contribution in [0.3, 0.4) is 0 Å². The van der Waals surface area contributed by atoms with Crippen molar-refractivity contribution in [3.63, 3.8) is 0 Å². The second kappa shape index (κ2) is 9.62. The van der Waals surface area contributed by atoms with Gasteiger partial charge in [0, 0.05) is 12.2 Å². The second-order valence-corrected chi connectivity index (χ2v) is 6.76. The Bertz CT molecular complexity index is 531. The SMILES string of the molecule is CCCCOc1ncc(NC(=O)C(C)(CC(C)C)OCC)cc1C. The molecule has 1 heterocycles. The van der Waals surface area contributed by atoms with Crippen molar-refractivity contribution in [2.75, 3.05) is 18.5 Å². The van der Waals surface area contributed by atoms with E-state index in [1.807, 2.05) is 26.8 Å². The molecule has 0 bridgehead atoms. The van der Waals surface area contributed by atoms with Gasteiger partial charge in [0.1, 0.15) is 5.60 Å². The number of aromatic nitrogens is 1. The summed E-state index contributed by atoms with van der Waals surface area (Å²) in [7, 11) is 0. The molecule has 1 aromatic heterocycles. The molecule has 0 aliphatic rings. The third-order valence-electron chi connectivity index (χ3n) is 3.77. The normalized spacial score (nSPS) is 13.6. The Labute approximate surface area is 146 Å². The van der Waals surface area contributed by atoms with Crippen LogP contribution in [-0.4, -0.2) is 29.7 Å². The maximum atomic E-state index is 12.7. The molecule has 1 aromatic rings. The van der Waals surface area contributed by atoms with Crippen molar-refractivity contribution in [2.24, 2.45) is 5.92 Å². The van der Waals surface area contributed by atoms with Gasteiger partial charge in [-0.25, -0.2) is 4.98 Å². The van der Waals surface area contributed by atoms with E-state index in [0.29, 0.717) is 37.1 Å². The Morgan fingerprint density at radius 2 is 2.08 bits per heavy atom. The molecule has 1 amide bonds. The fourth-order valence-corrected chi connectivity index (χ4v) is 2.67. The molecule has 5 nitrogen and oxygen atoms in total. The predicted octanol–water partition coefficient (Wildman–Crippen LogP) is 4.35. The fourth-order valence-electron chi connectivity index (χ4n) is 2.67. The van der Waals surface area contributed by atoms with Crippen molar-refractivity contribution in [3.8, 4) is 5.88 Å². The number of aryl methyl sites for hydroxylation is 1. The molecule has 136 valence electrons. The highest BCUT2D eigenvalue weighted by atomic mass is 16.5. The van der Waals surface area contributed by atoms with Gasteiger partial charge in [0.15, 0.2) is 0 Å². The molecule has 1 N–H and O–H groups in total. The molecule has 0 aromatic carbocycles. The number of carbonyl (C=O) groups excluding carboxylic acids is 1. The number of unbranched alkanes of at least 4 members (excludes halogenated alkanes) is 1. The standard InChI is InChI=1S/C19H32N2O3/c1-7-9-10-23-17-15(5)11-16(13-20-17)21-18(22)19(6,24-8-2)12-14(3)4/h11,13-14H,7-10,12H2,1-6H3,(H,21,22). The lowest BCUT2D eigenvalue weighted by atomic mass is 9.93. The van der Waals surface area contributed by atoms with Crippen LogP contribution in [-0.2, 0) is 9.53 Å². The summed E-state index contributed by atoms with van der Waals surface area (Å²) in [4.78, 5) is 17.0. The quantitative estimate of drug-likeness (QED) is 0.645. The van der Waals surface area contributed by atoms with Crippen molar-refractivity contribution < 1.29 is 14.3 Å². The summed E-state index contributed by atoms with van der Waals surface area (Å²) in [5.41, 5.74) is 0.730. The molecule has 0 radical (unpaired) electrons. The van der Waals surface area contributed by atoms with E-state index in [-0.39, 0.29) is 5.91 Å². The van der Waals surface area contributed by atoms with Gasteiger partial charge < -0.3 is 14.8 Å². The van der Waals surface area contributed by atoms with Gasteiger partial charge in [-0.05, 0) is 45.6 Å². The molecule has 5 heteroatoms. The molecule has 0 spiro atoms. The number of carbonyl (C=O) groups is 1. The van der Waals surface area contributed by atoms with Gasteiger partial charge in [-0.15, -0.1) is 0 Å². The maximum Gasteiger partial charge on any atom is 0.256 e. The first-order chi connectivity index (χ1) is 11.3. The topological polar surface area (TPSA) is 60.5 Å². The summed E-state index contributed by atoms with van der Waals surface area (Å²) in [6.45, 7) is 13.1. The van der Waals surface area contributed by atoms with Gasteiger partial charge in [-0.1, -0.05) is 27.2 Å². The van der Waals surface area contributed by atoms with Crippen LogP contribution in [0.1, 0.15) is 59.4 Å². The number of rotatable bonds is 10. The van der Waals surface area contributed by atoms with E-state index in [1.54, 1.807) is 6.20 Å². The van der Waals surface area contributed by atoms with Crippen molar-refractivity contribution in [1.82, 2.24) is 4.98 Å². The number of hydrogen-bond acceptors (Lipinski definition) is 4. The number of pyridine rings is 1. The summed E-state index contributed by atoms with van der Waals surface area (Å²) in [6, 6.07) is 1.88. The third-order valence-corrected chi connectivity index (χ3v) is 3.77. The average Bonchev–Trinajstić information content (AvgIpc) is 2.49. The molecule has 0 aliphatic heterocycles. The van der Waals surface area contributed by atoms with E-state index in [2.05, 4.69) is 31.1 Å². The molecule has 1 unspecified atom stereocenters. The Balaban J connectivity index is 2.79. The molecular weight excluding hydrogens is 304 g/mol. The van der Waals surface area contributed by atoms with Crippen LogP contribution in [0.15, 0.2) is 12.3 Å². The number of ether oxygens (including phenoxy) is 2. The van der Waals surface area contributed by atoms with E-state index < -0.39 is 5.60 Å². The number of nitrogens with one attached hydrogen (secondary N) is 1. The van der Waals surface area contributed by atoms with Crippen LogP contribution in [0.25, 0.3) is 0 Å². The second-order valence-electron chi connectivity index (χ2n) is 6.76. The van der Waals surface area contributed by atoms with Gasteiger partial charge in [0.05, 0.1) is 18.5 Å². The Morgan fingerprint density at radius 1 is 1.38 bits per heavy atom. The third kappa shape index (κ3) is 6.11. The Hall–Kier alpha value is -1.62. The van der Waals surface area contributed by atoms with Crippen molar-refractivity contribution in [3.05, 3.63) is 17.8 Å². The summed E-state index contributed by atoms with van der Waals surface area (Å²) < 4.78 is 11.4. The molecule has 1 atom stereocenters. The van der Waals surface area contributed by atoms with E-state index in [1.165, 1.54) is 0 Å². The molecule has 0 saturated carbocycles. The highest BCUT2D eigenvalue weighted by Gasteiger charge is 2.34. The van der Waals surface area contributed by atoms with Gasteiger partial charge in [-0.3, -0.25) is 4.79 Å². The van der Waals surface area contributed by atoms with Crippen molar-refractivity contribution in [2.45, 2.75) is 66.4 Å². The molecule has 1 rings (SSSR count). The van der Waals surface area contributed by atoms with Gasteiger partial charge in [-0.2, -0.15) is 0 Å². The summed E-state index contributed by atoms with van der Waals surface area (Å²) >= 11 is 0. The van der Waals surface area contributed by atoms with Crippen molar-refractivity contribution >= 4 is 11.6 Å². The zero-order valence-corrected chi connectivity index (χ0v) is 15.9. The lowest BCUT2D eigenvalue weighted by Gasteiger charge is -2.29. The number of amides is 1. The maximum absolute atomic E-state index is 12.7. The fraction of sp³-hybridized carbons (Fsp3) is 0.684. The zero-order chi connectivity index (χ0) is 18.2. The summed E-state index contributed by atoms with van der Waals surface area (Å²) in [5, 5.41) is 2.93. The molecule has 0 aliphatic carbocycles. The first kappa shape index (κ1) is 20.4. The van der Waals surface area contributed by atoms with Crippen LogP contribution in [0, 0.1) is 12.8 Å². The summed E-state index contributed by atoms with van der Waals surface area (Å²) in [6.07, 6.45) is 4.38. The average molecular weight is 336 g/mol. The number of anilines is 1. The highest BCUT2D eigenvalue weighted by Crippen LogP contribution is 2.25. The minimum atomic E-state index is -0.840. The van der Waals surface area contributed by atoms with Crippen LogP contribution in [0.4, 0.5) is 5.69 Å². The highest BCUT2D eigenvalue weighted by molar-refractivity contribution is 5.97. The van der Waals surface area contributed by atoms with Crippen molar-refractivity contribution in [1.29, 1.82) is 0 Å². The smallest absolute Gasteiger partial charge is 0.256 e. The molecular formula is C19H32N2O3. The molecule has 24 heavy (non-hydrogen) atoms. The van der Waals surface area contributed by atoms with E-state index in [9.17, 15) is 4.79 Å². The van der Waals surface area contributed by atoms with E-state index in [0.717, 1.165) is 18.4 Å². The van der Waals surface area contributed by atoms with E-state index in [4.69, 9.17) is 9.47 Å². The van der Waals surface area contributed by atoms with Crippen LogP contribution < -0.4 is 10.1 Å². The van der Waals surface area contributed by atoms with Crippen LogP contribution in [0.2, 0.25) is 0 Å². The lowest BCUT2D eigenvalue weighted by molar-refractivity contribution is -0.140.